The Labute approximate surface area is 399 Å². The number of rotatable bonds is 52. The number of unbranched alkanes of at least 4 members (excludes halogenated alkanes) is 37. The maximum Gasteiger partial charge on any atom is 0.306 e. The molecule has 0 aliphatic heterocycles. The van der Waals surface area contributed by atoms with E-state index in [0.717, 1.165) is 69.6 Å². The van der Waals surface area contributed by atoms with Crippen LogP contribution in [0.5, 0.6) is 0 Å². The first-order valence-corrected chi connectivity index (χ1v) is 28.7. The molecule has 6 heteroatoms. The molecule has 0 heterocycles. The zero-order valence-corrected chi connectivity index (χ0v) is 43.9. The first-order chi connectivity index (χ1) is 31.2. The standard InChI is InChI=1S/C58H112O6/c1-6-7-8-9-10-11-12-13-14-15-16-17-18-19-22-28-33-38-43-48-56(59)62-51-55(64-58(61)50-45-40-35-30-25-24-27-32-37-42-47-54(4)5)52-63-57(60)49-44-39-34-29-23-20-21-26-31-36-41-46-53(2)3/h53-55H,6-52H2,1-5H3/t55-/m1/s1. The van der Waals surface area contributed by atoms with Gasteiger partial charge in [0, 0.05) is 19.3 Å². The van der Waals surface area contributed by atoms with Gasteiger partial charge >= 0.3 is 17.9 Å². The average molecular weight is 906 g/mol. The van der Waals surface area contributed by atoms with E-state index in [1.807, 2.05) is 0 Å². The fourth-order valence-corrected chi connectivity index (χ4v) is 8.87. The Morgan fingerprint density at radius 3 is 0.766 bits per heavy atom. The van der Waals surface area contributed by atoms with Gasteiger partial charge in [-0.3, -0.25) is 14.4 Å². The minimum atomic E-state index is -0.763. The Balaban J connectivity index is 4.27. The fourth-order valence-electron chi connectivity index (χ4n) is 8.87. The van der Waals surface area contributed by atoms with Crippen molar-refractivity contribution in [2.24, 2.45) is 11.8 Å². The molecule has 0 aromatic carbocycles. The van der Waals surface area contributed by atoms with E-state index in [9.17, 15) is 14.4 Å². The molecule has 0 fully saturated rings. The Kier molecular flexibility index (Phi) is 49.6. The molecule has 0 spiro atoms. The van der Waals surface area contributed by atoms with Gasteiger partial charge in [-0.15, -0.1) is 0 Å². The van der Waals surface area contributed by atoms with Gasteiger partial charge in [0.2, 0.25) is 0 Å². The van der Waals surface area contributed by atoms with E-state index in [4.69, 9.17) is 14.2 Å². The summed E-state index contributed by atoms with van der Waals surface area (Å²) in [5.41, 5.74) is 0. The topological polar surface area (TPSA) is 78.9 Å². The second-order valence-corrected chi connectivity index (χ2v) is 20.9. The van der Waals surface area contributed by atoms with Crippen molar-refractivity contribution < 1.29 is 28.6 Å². The predicted octanol–water partition coefficient (Wildman–Crippen LogP) is 18.9. The van der Waals surface area contributed by atoms with Crippen molar-refractivity contribution in [2.75, 3.05) is 13.2 Å². The van der Waals surface area contributed by atoms with Crippen LogP contribution in [0.2, 0.25) is 0 Å². The molecule has 0 aliphatic rings. The summed E-state index contributed by atoms with van der Waals surface area (Å²) in [6.45, 7) is 11.4. The Morgan fingerprint density at radius 2 is 0.516 bits per heavy atom. The predicted molar refractivity (Wildman–Crippen MR) is 275 cm³/mol. The van der Waals surface area contributed by atoms with E-state index >= 15 is 0 Å². The van der Waals surface area contributed by atoms with Crippen LogP contribution in [0.3, 0.4) is 0 Å². The number of carbonyl (C=O) groups is 3. The third kappa shape index (κ3) is 51.4. The minimum absolute atomic E-state index is 0.0631. The second kappa shape index (κ2) is 50.8. The van der Waals surface area contributed by atoms with Crippen LogP contribution in [0.15, 0.2) is 0 Å². The van der Waals surface area contributed by atoms with Crippen LogP contribution in [0.4, 0.5) is 0 Å². The molecule has 0 aliphatic carbocycles. The zero-order chi connectivity index (χ0) is 46.8. The molecule has 64 heavy (non-hydrogen) atoms. The SMILES string of the molecule is CCCCCCCCCCCCCCCCCCCCCC(=O)OC[C@H](COC(=O)CCCCCCCCCCCCCC(C)C)OC(=O)CCCCCCCCCCCCC(C)C. The fraction of sp³-hybridized carbons (Fsp3) is 0.948. The highest BCUT2D eigenvalue weighted by molar-refractivity contribution is 5.71. The lowest BCUT2D eigenvalue weighted by molar-refractivity contribution is -0.167. The highest BCUT2D eigenvalue weighted by atomic mass is 16.6. The molecule has 0 saturated heterocycles. The van der Waals surface area contributed by atoms with Crippen molar-refractivity contribution in [3.63, 3.8) is 0 Å². The summed E-state index contributed by atoms with van der Waals surface area (Å²) in [6.07, 6.45) is 53.8. The molecule has 6 nitrogen and oxygen atoms in total. The Morgan fingerprint density at radius 1 is 0.297 bits per heavy atom. The van der Waals surface area contributed by atoms with Crippen molar-refractivity contribution >= 4 is 17.9 Å². The third-order valence-electron chi connectivity index (χ3n) is 13.2. The van der Waals surface area contributed by atoms with E-state index in [2.05, 4.69) is 34.6 Å². The van der Waals surface area contributed by atoms with Gasteiger partial charge in [-0.25, -0.2) is 0 Å². The molecule has 0 radical (unpaired) electrons. The number of hydrogen-bond donors (Lipinski definition) is 0. The van der Waals surface area contributed by atoms with E-state index in [-0.39, 0.29) is 31.1 Å². The molecule has 0 aromatic heterocycles. The molecule has 0 amide bonds. The number of carbonyl (C=O) groups excluding carboxylic acids is 3. The molecule has 1 atom stereocenters. The lowest BCUT2D eigenvalue weighted by atomic mass is 10.0. The minimum Gasteiger partial charge on any atom is -0.462 e. The molecule has 380 valence electrons. The molecule has 0 unspecified atom stereocenters. The van der Waals surface area contributed by atoms with Crippen LogP contribution < -0.4 is 0 Å². The average Bonchev–Trinajstić information content (AvgIpc) is 3.27. The summed E-state index contributed by atoms with van der Waals surface area (Å²) in [5, 5.41) is 0. The van der Waals surface area contributed by atoms with Gasteiger partial charge < -0.3 is 14.2 Å². The van der Waals surface area contributed by atoms with Crippen LogP contribution in [-0.4, -0.2) is 37.2 Å². The smallest absolute Gasteiger partial charge is 0.306 e. The summed E-state index contributed by atoms with van der Waals surface area (Å²) < 4.78 is 16.9. The Hall–Kier alpha value is -1.59. The highest BCUT2D eigenvalue weighted by Crippen LogP contribution is 2.18. The van der Waals surface area contributed by atoms with Crippen LogP contribution in [0.1, 0.15) is 324 Å². The lowest BCUT2D eigenvalue weighted by Crippen LogP contribution is -2.30. The van der Waals surface area contributed by atoms with Gasteiger partial charge in [0.15, 0.2) is 6.10 Å². The quantitative estimate of drug-likeness (QED) is 0.0344. The monoisotopic (exact) mass is 905 g/mol. The molecule has 0 saturated carbocycles. The largest absolute Gasteiger partial charge is 0.462 e. The summed E-state index contributed by atoms with van der Waals surface area (Å²) in [5.74, 6) is 0.801. The molecule has 0 rings (SSSR count). The molecule has 0 N–H and O–H groups in total. The van der Waals surface area contributed by atoms with Gasteiger partial charge in [0.05, 0.1) is 0 Å². The van der Waals surface area contributed by atoms with Gasteiger partial charge in [0.25, 0.3) is 0 Å². The highest BCUT2D eigenvalue weighted by Gasteiger charge is 2.19. The maximum atomic E-state index is 12.8. The number of ether oxygens (including phenoxy) is 3. The Bertz CT molecular complexity index is 978. The zero-order valence-electron chi connectivity index (χ0n) is 43.9. The van der Waals surface area contributed by atoms with Gasteiger partial charge in [-0.1, -0.05) is 285 Å². The van der Waals surface area contributed by atoms with Crippen molar-refractivity contribution in [3.8, 4) is 0 Å². The van der Waals surface area contributed by atoms with Crippen molar-refractivity contribution in [2.45, 2.75) is 330 Å². The molecular weight excluding hydrogens is 793 g/mol. The summed E-state index contributed by atoms with van der Waals surface area (Å²) in [4.78, 5) is 38.1. The number of hydrogen-bond acceptors (Lipinski definition) is 6. The summed E-state index contributed by atoms with van der Waals surface area (Å²) >= 11 is 0. The van der Waals surface area contributed by atoms with E-state index in [0.29, 0.717) is 19.3 Å². The molecule has 0 bridgehead atoms. The maximum absolute atomic E-state index is 12.8. The lowest BCUT2D eigenvalue weighted by Gasteiger charge is -2.18. The summed E-state index contributed by atoms with van der Waals surface area (Å²) in [7, 11) is 0. The van der Waals surface area contributed by atoms with Crippen LogP contribution in [0.25, 0.3) is 0 Å². The van der Waals surface area contributed by atoms with Gasteiger partial charge in [0.1, 0.15) is 13.2 Å². The van der Waals surface area contributed by atoms with Crippen molar-refractivity contribution in [1.29, 1.82) is 0 Å². The third-order valence-corrected chi connectivity index (χ3v) is 13.2. The van der Waals surface area contributed by atoms with E-state index < -0.39 is 6.10 Å². The van der Waals surface area contributed by atoms with Crippen LogP contribution in [0, 0.1) is 11.8 Å². The van der Waals surface area contributed by atoms with Crippen LogP contribution in [-0.2, 0) is 28.6 Å². The molecular formula is C58H112O6. The normalized spacial score (nSPS) is 12.0. The second-order valence-electron chi connectivity index (χ2n) is 20.9. The first-order valence-electron chi connectivity index (χ1n) is 28.7. The number of esters is 3. The van der Waals surface area contributed by atoms with Crippen LogP contribution >= 0.6 is 0 Å². The summed E-state index contributed by atoms with van der Waals surface area (Å²) in [6, 6.07) is 0. The van der Waals surface area contributed by atoms with E-state index in [1.165, 1.54) is 212 Å². The van der Waals surface area contributed by atoms with Gasteiger partial charge in [-0.05, 0) is 31.1 Å². The first kappa shape index (κ1) is 62.4. The molecule has 0 aromatic rings. The van der Waals surface area contributed by atoms with Crippen molar-refractivity contribution in [3.05, 3.63) is 0 Å². The van der Waals surface area contributed by atoms with Crippen molar-refractivity contribution in [1.82, 2.24) is 0 Å². The van der Waals surface area contributed by atoms with Gasteiger partial charge in [-0.2, -0.15) is 0 Å². The van der Waals surface area contributed by atoms with E-state index in [1.54, 1.807) is 0 Å².